The summed E-state index contributed by atoms with van der Waals surface area (Å²) in [6.45, 7) is 0. The third-order valence-corrected chi connectivity index (χ3v) is 3.21. The largest absolute Gasteiger partial charge is 0.260 e. The van der Waals surface area contributed by atoms with Crippen LogP contribution in [0.4, 0.5) is 17.6 Å². The van der Waals surface area contributed by atoms with E-state index < -0.39 is 26.7 Å². The molecule has 1 saturated heterocycles. The summed E-state index contributed by atoms with van der Waals surface area (Å²) >= 11 is 5.16. The fourth-order valence-electron chi connectivity index (χ4n) is 0.968. The minimum atomic E-state index is -2.88. The van der Waals surface area contributed by atoms with E-state index in [0.717, 1.165) is 0 Å². The zero-order valence-electron chi connectivity index (χ0n) is 5.38. The highest BCUT2D eigenvalue weighted by atomic mass is 35.5. The van der Waals surface area contributed by atoms with Crippen molar-refractivity contribution in [1.82, 2.24) is 0 Å². The molecule has 12 heavy (non-hydrogen) atoms. The predicted octanol–water partition coefficient (Wildman–Crippen LogP) is 3.35. The normalized spacial score (nSPS) is 45.6. The molecule has 0 aromatic heterocycles. The minimum Gasteiger partial charge on any atom is -0.222 e. The number of rotatable bonds is 0. The van der Waals surface area contributed by atoms with E-state index >= 15 is 0 Å². The van der Waals surface area contributed by atoms with Crippen molar-refractivity contribution in [2.75, 3.05) is 0 Å². The van der Waals surface area contributed by atoms with Crippen LogP contribution in [0.25, 0.3) is 0 Å². The van der Waals surface area contributed by atoms with Crippen LogP contribution in [-0.4, -0.2) is 10.0 Å². The van der Waals surface area contributed by atoms with Crippen LogP contribution in [0.5, 0.6) is 0 Å². The summed E-state index contributed by atoms with van der Waals surface area (Å²) in [6, 6.07) is 0. The molecule has 2 rings (SSSR count). The third-order valence-electron chi connectivity index (χ3n) is 1.68. The smallest absolute Gasteiger partial charge is 0.222 e. The average Bonchev–Trinajstić information content (AvgIpc) is 2.51. The molecule has 1 aliphatic heterocycles. The van der Waals surface area contributed by atoms with Gasteiger partial charge in [-0.1, -0.05) is 23.4 Å². The summed E-state index contributed by atoms with van der Waals surface area (Å²) in [5, 5.41) is -6.10. The van der Waals surface area contributed by atoms with Gasteiger partial charge in [0.1, 0.15) is 0 Å². The lowest BCUT2D eigenvalue weighted by molar-refractivity contribution is 0.198. The lowest BCUT2D eigenvalue weighted by Crippen LogP contribution is -2.20. The van der Waals surface area contributed by atoms with Gasteiger partial charge in [0.25, 0.3) is 5.00 Å². The molecule has 0 amide bonds. The molecule has 2 atom stereocenters. The second-order valence-electron chi connectivity index (χ2n) is 2.46. The predicted molar refractivity (Wildman–Crippen MR) is 38.4 cm³/mol. The van der Waals surface area contributed by atoms with Crippen molar-refractivity contribution >= 4 is 23.4 Å². The molecule has 0 aromatic carbocycles. The van der Waals surface area contributed by atoms with Crippen LogP contribution in [0.15, 0.2) is 22.8 Å². The molecule has 2 unspecified atom stereocenters. The van der Waals surface area contributed by atoms with Crippen molar-refractivity contribution in [3.8, 4) is 0 Å². The van der Waals surface area contributed by atoms with E-state index in [4.69, 9.17) is 11.6 Å². The molecule has 0 nitrogen and oxygen atoms in total. The Labute approximate surface area is 74.3 Å². The maximum absolute atomic E-state index is 13.0. The molecule has 0 saturated carbocycles. The summed E-state index contributed by atoms with van der Waals surface area (Å²) in [5.74, 6) is -3.28. The van der Waals surface area contributed by atoms with Crippen molar-refractivity contribution in [1.29, 1.82) is 0 Å². The Kier molecular flexibility index (Phi) is 1.41. The maximum atomic E-state index is 13.0. The number of hydrogen-bond acceptors (Lipinski definition) is 1. The summed E-state index contributed by atoms with van der Waals surface area (Å²) in [7, 11) is 0. The number of halogens is 5. The van der Waals surface area contributed by atoms with Gasteiger partial charge in [-0.15, -0.1) is 0 Å². The Morgan fingerprint density at radius 2 is 1.92 bits per heavy atom. The first kappa shape index (κ1) is 8.44. The molecule has 1 heterocycles. The first-order chi connectivity index (χ1) is 5.41. The highest BCUT2D eigenvalue weighted by Gasteiger charge is 2.77. The maximum Gasteiger partial charge on any atom is 0.260 e. The van der Waals surface area contributed by atoms with Gasteiger partial charge >= 0.3 is 0 Å². The first-order valence-corrected chi connectivity index (χ1v) is 4.12. The number of thioether (sulfide) groups is 1. The molecule has 0 aromatic rings. The molecule has 6 heteroatoms. The highest BCUT2D eigenvalue weighted by molar-refractivity contribution is 8.09. The van der Waals surface area contributed by atoms with Crippen molar-refractivity contribution < 1.29 is 17.6 Å². The van der Waals surface area contributed by atoms with Gasteiger partial charge in [0.15, 0.2) is 11.7 Å². The number of hydrogen-bond donors (Lipinski definition) is 0. The third kappa shape index (κ3) is 0.758. The molecule has 0 radical (unpaired) electrons. The van der Waals surface area contributed by atoms with E-state index in [2.05, 4.69) is 0 Å². The topological polar surface area (TPSA) is 0 Å². The SMILES string of the molecule is FC1=C(F)C2(F)SC2(F)C=C1Cl. The highest BCUT2D eigenvalue weighted by Crippen LogP contribution is 2.73. The van der Waals surface area contributed by atoms with Crippen molar-refractivity contribution in [2.45, 2.75) is 10.0 Å². The van der Waals surface area contributed by atoms with Crippen LogP contribution in [0.1, 0.15) is 0 Å². The second kappa shape index (κ2) is 2.01. The van der Waals surface area contributed by atoms with Gasteiger partial charge in [-0.3, -0.25) is 0 Å². The van der Waals surface area contributed by atoms with Gasteiger partial charge in [0.05, 0.1) is 5.03 Å². The molecular weight excluding hydrogens is 216 g/mol. The van der Waals surface area contributed by atoms with Gasteiger partial charge < -0.3 is 0 Å². The summed E-state index contributed by atoms with van der Waals surface area (Å²) in [4.78, 5) is 0. The van der Waals surface area contributed by atoms with E-state index in [1.165, 1.54) is 0 Å². The van der Waals surface area contributed by atoms with E-state index in [1.54, 1.807) is 0 Å². The lowest BCUT2D eigenvalue weighted by Gasteiger charge is -2.10. The Bertz CT molecular complexity index is 326. The zero-order valence-corrected chi connectivity index (χ0v) is 6.95. The standard InChI is InChI=1S/C6HClF4S/c7-2-1-5(10)6(11,12-5)4(9)3(2)8/h1H. The molecule has 1 aliphatic carbocycles. The van der Waals surface area contributed by atoms with Crippen LogP contribution < -0.4 is 0 Å². The monoisotopic (exact) mass is 216 g/mol. The fraction of sp³-hybridized carbons (Fsp3) is 0.333. The van der Waals surface area contributed by atoms with Crippen molar-refractivity contribution in [3.05, 3.63) is 22.8 Å². The molecule has 0 bridgehead atoms. The summed E-state index contributed by atoms with van der Waals surface area (Å²) < 4.78 is 51.1. The lowest BCUT2D eigenvalue weighted by atomic mass is 10.1. The molecule has 1 fully saturated rings. The van der Waals surface area contributed by atoms with Crippen LogP contribution in [0.3, 0.4) is 0 Å². The Hall–Kier alpha value is -0.160. The number of fused-ring (bicyclic) bond motifs is 1. The van der Waals surface area contributed by atoms with Crippen molar-refractivity contribution in [2.24, 2.45) is 0 Å². The Morgan fingerprint density at radius 1 is 1.33 bits per heavy atom. The Morgan fingerprint density at radius 3 is 2.50 bits per heavy atom. The molecule has 0 N–H and O–H groups in total. The quantitative estimate of drug-likeness (QED) is 0.442. The minimum absolute atomic E-state index is 0.0523. The summed E-state index contributed by atoms with van der Waals surface area (Å²) in [5.41, 5.74) is 0. The Balaban J connectivity index is 2.54. The average molecular weight is 217 g/mol. The zero-order chi connectivity index (χ0) is 9.15. The van der Waals surface area contributed by atoms with E-state index in [9.17, 15) is 17.6 Å². The first-order valence-electron chi connectivity index (χ1n) is 2.93. The van der Waals surface area contributed by atoms with Gasteiger partial charge in [-0.25, -0.2) is 17.6 Å². The molecule has 0 spiro atoms. The second-order valence-corrected chi connectivity index (χ2v) is 4.23. The van der Waals surface area contributed by atoms with Crippen LogP contribution in [-0.2, 0) is 0 Å². The molecular formula is C6HClF4S. The van der Waals surface area contributed by atoms with E-state index in [1.807, 2.05) is 0 Å². The van der Waals surface area contributed by atoms with Gasteiger partial charge in [-0.2, -0.15) is 0 Å². The van der Waals surface area contributed by atoms with E-state index in [-0.39, 0.29) is 11.8 Å². The van der Waals surface area contributed by atoms with Gasteiger partial charge in [0.2, 0.25) is 5.00 Å². The van der Waals surface area contributed by atoms with Gasteiger partial charge in [-0.05, 0) is 6.08 Å². The van der Waals surface area contributed by atoms with Crippen LogP contribution >= 0.6 is 23.4 Å². The summed E-state index contributed by atoms with van der Waals surface area (Å²) in [6.07, 6.45) is 0.539. The number of allylic oxidation sites excluding steroid dienone is 2. The fourth-order valence-corrected chi connectivity index (χ4v) is 2.13. The van der Waals surface area contributed by atoms with Crippen molar-refractivity contribution in [3.63, 3.8) is 0 Å². The van der Waals surface area contributed by atoms with E-state index in [0.29, 0.717) is 6.08 Å². The molecule has 66 valence electrons. The number of alkyl halides is 2. The van der Waals surface area contributed by atoms with Gasteiger partial charge in [0, 0.05) is 0 Å². The van der Waals surface area contributed by atoms with Crippen LogP contribution in [0.2, 0.25) is 0 Å². The van der Waals surface area contributed by atoms with Crippen LogP contribution in [0, 0.1) is 0 Å². The molecule has 2 aliphatic rings.